The maximum atomic E-state index is 12.7. The summed E-state index contributed by atoms with van der Waals surface area (Å²) in [5.74, 6) is 0.00198. The molecule has 1 fully saturated rings. The number of nitrogens with zero attached hydrogens (tertiary/aromatic N) is 3. The molecule has 1 amide bonds. The molecule has 28 heavy (non-hydrogen) atoms. The van der Waals surface area contributed by atoms with Gasteiger partial charge in [0.05, 0.1) is 6.04 Å². The van der Waals surface area contributed by atoms with Crippen molar-refractivity contribution in [3.63, 3.8) is 0 Å². The molecule has 0 radical (unpaired) electrons. The summed E-state index contributed by atoms with van der Waals surface area (Å²) < 4.78 is 0. The highest BCUT2D eigenvalue weighted by Crippen LogP contribution is 2.24. The Bertz CT molecular complexity index is 779. The quantitative estimate of drug-likeness (QED) is 0.836. The molecule has 1 N–H and O–H groups in total. The monoisotopic (exact) mass is 380 g/mol. The van der Waals surface area contributed by atoms with Crippen molar-refractivity contribution in [3.05, 3.63) is 65.2 Å². The van der Waals surface area contributed by atoms with Crippen LogP contribution in [0.5, 0.6) is 0 Å². The number of nitrogens with one attached hydrogen (secondary N) is 1. The lowest BCUT2D eigenvalue weighted by atomic mass is 10.0. The fourth-order valence-corrected chi connectivity index (χ4v) is 3.70. The van der Waals surface area contributed by atoms with Crippen molar-refractivity contribution in [2.24, 2.45) is 0 Å². The van der Waals surface area contributed by atoms with Gasteiger partial charge in [-0.3, -0.25) is 9.69 Å². The average Bonchev–Trinajstić information content (AvgIpc) is 2.70. The molecule has 1 atom stereocenters. The molecule has 5 nitrogen and oxygen atoms in total. The van der Waals surface area contributed by atoms with Crippen LogP contribution in [0.4, 0.5) is 5.69 Å². The number of anilines is 1. The second-order valence-corrected chi connectivity index (χ2v) is 7.87. The molecule has 0 saturated carbocycles. The maximum absolute atomic E-state index is 12.7. The smallest absolute Gasteiger partial charge is 0.251 e. The number of aryl methyl sites for hydroxylation is 1. The van der Waals surface area contributed by atoms with Crippen LogP contribution >= 0.6 is 0 Å². The highest BCUT2D eigenvalue weighted by Gasteiger charge is 2.24. The fourth-order valence-electron chi connectivity index (χ4n) is 3.70. The highest BCUT2D eigenvalue weighted by atomic mass is 16.1. The number of rotatable bonds is 6. The molecule has 1 aliphatic rings. The van der Waals surface area contributed by atoms with E-state index in [1.54, 1.807) is 0 Å². The maximum Gasteiger partial charge on any atom is 0.251 e. The first-order valence-electron chi connectivity index (χ1n) is 9.99. The Hall–Kier alpha value is -2.37. The largest absolute Gasteiger partial charge is 0.378 e. The first kappa shape index (κ1) is 20.4. The van der Waals surface area contributed by atoms with Crippen molar-refractivity contribution >= 4 is 11.6 Å². The number of likely N-dealkylation sites (N-methyl/N-ethyl adjacent to an activating group) is 1. The second-order valence-electron chi connectivity index (χ2n) is 7.87. The Morgan fingerprint density at radius 1 is 1.04 bits per heavy atom. The molecule has 0 aliphatic carbocycles. The van der Waals surface area contributed by atoms with Gasteiger partial charge in [0.1, 0.15) is 0 Å². The molecule has 0 spiro atoms. The van der Waals surface area contributed by atoms with E-state index in [9.17, 15) is 4.79 Å². The zero-order valence-electron chi connectivity index (χ0n) is 17.5. The van der Waals surface area contributed by atoms with E-state index < -0.39 is 0 Å². The van der Waals surface area contributed by atoms with Crippen molar-refractivity contribution < 1.29 is 4.79 Å². The molecule has 0 aromatic heterocycles. The molecule has 2 aromatic carbocycles. The van der Waals surface area contributed by atoms with Gasteiger partial charge in [-0.2, -0.15) is 0 Å². The van der Waals surface area contributed by atoms with Gasteiger partial charge < -0.3 is 15.1 Å². The van der Waals surface area contributed by atoms with E-state index in [4.69, 9.17) is 0 Å². The molecule has 1 saturated heterocycles. The van der Waals surface area contributed by atoms with E-state index in [1.165, 1.54) is 11.3 Å². The molecular formula is C23H32N4O. The van der Waals surface area contributed by atoms with Gasteiger partial charge in [-0.25, -0.2) is 0 Å². The zero-order chi connectivity index (χ0) is 20.1. The van der Waals surface area contributed by atoms with E-state index in [0.29, 0.717) is 6.54 Å². The van der Waals surface area contributed by atoms with Crippen LogP contribution in [0.2, 0.25) is 0 Å². The van der Waals surface area contributed by atoms with Crippen LogP contribution in [-0.4, -0.2) is 69.6 Å². The van der Waals surface area contributed by atoms with Gasteiger partial charge in [-0.05, 0) is 43.3 Å². The predicted molar refractivity (Wildman–Crippen MR) is 116 cm³/mol. The SMILES string of the molecule is Cc1ccccc1C(=O)NCC(c1ccc(N(C)C)cc1)N1CCN(C)CC1. The number of piperazine rings is 1. The van der Waals surface area contributed by atoms with Crippen LogP contribution < -0.4 is 10.2 Å². The molecule has 1 heterocycles. The first-order chi connectivity index (χ1) is 13.5. The molecule has 1 aliphatic heterocycles. The number of benzene rings is 2. The summed E-state index contributed by atoms with van der Waals surface area (Å²) in [5, 5.41) is 3.18. The minimum Gasteiger partial charge on any atom is -0.378 e. The third-order valence-corrected chi connectivity index (χ3v) is 5.62. The lowest BCUT2D eigenvalue weighted by Crippen LogP contribution is -2.48. The summed E-state index contributed by atoms with van der Waals surface area (Å²) >= 11 is 0. The van der Waals surface area contributed by atoms with E-state index in [0.717, 1.165) is 37.3 Å². The number of carbonyl (C=O) groups is 1. The van der Waals surface area contributed by atoms with E-state index in [2.05, 4.69) is 65.4 Å². The van der Waals surface area contributed by atoms with Gasteiger partial charge in [0.2, 0.25) is 0 Å². The Labute approximate surface area is 168 Å². The summed E-state index contributed by atoms with van der Waals surface area (Å²) in [4.78, 5) is 19.7. The lowest BCUT2D eigenvalue weighted by Gasteiger charge is -2.38. The summed E-state index contributed by atoms with van der Waals surface area (Å²) in [6.07, 6.45) is 0. The Kier molecular flexibility index (Phi) is 6.70. The third-order valence-electron chi connectivity index (χ3n) is 5.62. The van der Waals surface area contributed by atoms with Crippen LogP contribution in [0.1, 0.15) is 27.5 Å². The molecule has 1 unspecified atom stereocenters. The molecule has 5 heteroatoms. The topological polar surface area (TPSA) is 38.8 Å². The van der Waals surface area contributed by atoms with Crippen LogP contribution in [0.25, 0.3) is 0 Å². The fraction of sp³-hybridized carbons (Fsp3) is 0.435. The lowest BCUT2D eigenvalue weighted by molar-refractivity contribution is 0.0885. The normalized spacial score (nSPS) is 16.6. The van der Waals surface area contributed by atoms with Gasteiger partial charge in [0.25, 0.3) is 5.91 Å². The van der Waals surface area contributed by atoms with Gasteiger partial charge in [0.15, 0.2) is 0 Å². The van der Waals surface area contributed by atoms with Crippen molar-refractivity contribution in [3.8, 4) is 0 Å². The first-order valence-corrected chi connectivity index (χ1v) is 9.99. The average molecular weight is 381 g/mol. The Balaban J connectivity index is 1.76. The predicted octanol–water partition coefficient (Wildman–Crippen LogP) is 2.78. The molecule has 2 aromatic rings. The van der Waals surface area contributed by atoms with Gasteiger partial charge in [-0.15, -0.1) is 0 Å². The van der Waals surface area contributed by atoms with Gasteiger partial charge in [-0.1, -0.05) is 30.3 Å². The third kappa shape index (κ3) is 4.91. The van der Waals surface area contributed by atoms with Crippen molar-refractivity contribution in [2.75, 3.05) is 58.8 Å². The highest BCUT2D eigenvalue weighted by molar-refractivity contribution is 5.95. The molecular weight excluding hydrogens is 348 g/mol. The minimum atomic E-state index is 0.00198. The van der Waals surface area contributed by atoms with Gasteiger partial charge >= 0.3 is 0 Å². The second kappa shape index (κ2) is 9.22. The summed E-state index contributed by atoms with van der Waals surface area (Å²) in [5.41, 5.74) is 4.19. The standard InChI is InChI=1S/C23H32N4O/c1-18-7-5-6-8-21(18)23(28)24-17-22(27-15-13-26(4)14-16-27)19-9-11-20(12-10-19)25(2)3/h5-12,22H,13-17H2,1-4H3,(H,24,28). The number of hydrogen-bond donors (Lipinski definition) is 1. The summed E-state index contributed by atoms with van der Waals surface area (Å²) in [6.45, 7) is 6.72. The van der Waals surface area contributed by atoms with Crippen molar-refractivity contribution in [1.29, 1.82) is 0 Å². The van der Waals surface area contributed by atoms with Crippen molar-refractivity contribution in [1.82, 2.24) is 15.1 Å². The van der Waals surface area contributed by atoms with Crippen molar-refractivity contribution in [2.45, 2.75) is 13.0 Å². The summed E-state index contributed by atoms with van der Waals surface area (Å²) in [6, 6.07) is 16.6. The van der Waals surface area contributed by atoms with Crippen LogP contribution in [0.3, 0.4) is 0 Å². The van der Waals surface area contributed by atoms with E-state index in [1.807, 2.05) is 31.2 Å². The minimum absolute atomic E-state index is 0.00198. The van der Waals surface area contributed by atoms with Crippen LogP contribution in [0.15, 0.2) is 48.5 Å². The number of amides is 1. The Morgan fingerprint density at radius 2 is 1.68 bits per heavy atom. The zero-order valence-corrected chi connectivity index (χ0v) is 17.5. The Morgan fingerprint density at radius 3 is 2.29 bits per heavy atom. The summed E-state index contributed by atoms with van der Waals surface area (Å²) in [7, 11) is 6.27. The van der Waals surface area contributed by atoms with E-state index in [-0.39, 0.29) is 11.9 Å². The molecule has 150 valence electrons. The van der Waals surface area contributed by atoms with Gasteiger partial charge in [0, 0.05) is 58.1 Å². The number of hydrogen-bond acceptors (Lipinski definition) is 4. The van der Waals surface area contributed by atoms with E-state index >= 15 is 0 Å². The number of carbonyl (C=O) groups excluding carboxylic acids is 1. The van der Waals surface area contributed by atoms with Crippen LogP contribution in [0, 0.1) is 6.92 Å². The molecule has 0 bridgehead atoms. The van der Waals surface area contributed by atoms with Crippen LogP contribution in [-0.2, 0) is 0 Å². The molecule has 3 rings (SSSR count).